The van der Waals surface area contributed by atoms with Crippen LogP contribution in [0.4, 0.5) is 14.5 Å². The first-order chi connectivity index (χ1) is 14.7. The van der Waals surface area contributed by atoms with Gasteiger partial charge in [0.05, 0.1) is 0 Å². The van der Waals surface area contributed by atoms with Crippen LogP contribution in [0.2, 0.25) is 10.0 Å². The van der Waals surface area contributed by atoms with Crippen molar-refractivity contribution < 1.29 is 18.5 Å². The van der Waals surface area contributed by atoms with Gasteiger partial charge in [0.2, 0.25) is 5.70 Å². The molecule has 9 heteroatoms. The molecule has 0 unspecified atom stereocenters. The number of nitrogens with zero attached hydrogens (tertiary/aromatic N) is 1. The summed E-state index contributed by atoms with van der Waals surface area (Å²) in [4.78, 5) is 0.566. The van der Waals surface area contributed by atoms with E-state index in [0.717, 1.165) is 5.56 Å². The second-order valence-corrected chi connectivity index (χ2v) is 8.76. The van der Waals surface area contributed by atoms with E-state index in [9.17, 15) is 13.9 Å². The first-order valence-electron chi connectivity index (χ1n) is 8.96. The largest absolute Gasteiger partial charge is 0.867 e. The van der Waals surface area contributed by atoms with E-state index in [4.69, 9.17) is 35.4 Å². The maximum Gasteiger partial charge on any atom is 0.288 e. The summed E-state index contributed by atoms with van der Waals surface area (Å²) >= 11 is 18.3. The van der Waals surface area contributed by atoms with Crippen molar-refractivity contribution >= 4 is 69.3 Å². The van der Waals surface area contributed by atoms with E-state index in [0.29, 0.717) is 27.4 Å². The number of aromatic nitrogens is 1. The number of anilines is 1. The molecule has 0 saturated carbocycles. The SMILES string of the molecule is Cc1ccc[n+](/C(C(=S)Nc2ccc(SC(F)F)cc2)=C(/[O-])c2cc(Cl)ccc2Cl)c1. The first kappa shape index (κ1) is 23.5. The highest BCUT2D eigenvalue weighted by Gasteiger charge is 2.20. The van der Waals surface area contributed by atoms with Crippen LogP contribution in [0, 0.1) is 6.92 Å². The van der Waals surface area contributed by atoms with E-state index in [1.54, 1.807) is 59.4 Å². The minimum atomic E-state index is -2.50. The van der Waals surface area contributed by atoms with Crippen molar-refractivity contribution in [3.63, 3.8) is 0 Å². The van der Waals surface area contributed by atoms with Crippen LogP contribution in [0.25, 0.3) is 11.5 Å². The van der Waals surface area contributed by atoms with Crippen LogP contribution >= 0.6 is 47.2 Å². The number of aryl methyl sites for hydroxylation is 1. The number of thioether (sulfide) groups is 1. The molecule has 0 saturated heterocycles. The molecule has 0 spiro atoms. The Morgan fingerprint density at radius 2 is 1.84 bits per heavy atom. The van der Waals surface area contributed by atoms with Gasteiger partial charge in [-0.3, -0.25) is 0 Å². The van der Waals surface area contributed by atoms with Gasteiger partial charge < -0.3 is 10.4 Å². The Morgan fingerprint density at radius 1 is 1.13 bits per heavy atom. The molecule has 0 aliphatic heterocycles. The molecule has 160 valence electrons. The molecule has 31 heavy (non-hydrogen) atoms. The molecule has 3 nitrogen and oxygen atoms in total. The molecule has 0 aliphatic rings. The number of thiocarbonyl (C=S) groups is 1. The van der Waals surface area contributed by atoms with Gasteiger partial charge in [-0.05, 0) is 66.8 Å². The number of hydrogen-bond acceptors (Lipinski definition) is 3. The lowest BCUT2D eigenvalue weighted by atomic mass is 10.1. The number of nitrogens with one attached hydrogen (secondary N) is 1. The molecule has 3 rings (SSSR count). The van der Waals surface area contributed by atoms with Crippen LogP contribution in [0.1, 0.15) is 11.1 Å². The maximum atomic E-state index is 13.4. The summed E-state index contributed by atoms with van der Waals surface area (Å²) in [5, 5.41) is 17.0. The Labute approximate surface area is 198 Å². The van der Waals surface area contributed by atoms with Crippen LogP contribution in [0.5, 0.6) is 0 Å². The highest BCUT2D eigenvalue weighted by Crippen LogP contribution is 2.28. The summed E-state index contributed by atoms with van der Waals surface area (Å²) < 4.78 is 26.7. The minimum Gasteiger partial charge on any atom is -0.867 e. The van der Waals surface area contributed by atoms with Gasteiger partial charge in [0.1, 0.15) is 0 Å². The molecular weight excluding hydrogens is 481 g/mol. The zero-order valence-corrected chi connectivity index (χ0v) is 19.3. The minimum absolute atomic E-state index is 0.144. The summed E-state index contributed by atoms with van der Waals surface area (Å²) in [5.74, 6) is -2.91. The maximum absolute atomic E-state index is 13.4. The fourth-order valence-corrected chi connectivity index (χ4v) is 3.97. The molecule has 2 aromatic carbocycles. The first-order valence-corrected chi connectivity index (χ1v) is 11.0. The van der Waals surface area contributed by atoms with Crippen molar-refractivity contribution in [3.05, 3.63) is 88.2 Å². The predicted molar refractivity (Wildman–Crippen MR) is 125 cm³/mol. The monoisotopic (exact) mass is 496 g/mol. The molecule has 0 fully saturated rings. The van der Waals surface area contributed by atoms with Gasteiger partial charge in [0.25, 0.3) is 5.76 Å². The van der Waals surface area contributed by atoms with Gasteiger partial charge in [0.15, 0.2) is 17.4 Å². The third kappa shape index (κ3) is 6.17. The summed E-state index contributed by atoms with van der Waals surface area (Å²) in [6.45, 7) is 1.89. The molecular formula is C22H16Cl2F2N2OS2. The molecule has 1 aromatic heterocycles. The summed E-state index contributed by atoms with van der Waals surface area (Å²) in [6.07, 6.45) is 3.47. The van der Waals surface area contributed by atoms with E-state index in [1.165, 1.54) is 6.07 Å². The van der Waals surface area contributed by atoms with Crippen molar-refractivity contribution in [2.75, 3.05) is 5.32 Å². The molecule has 1 N–H and O–H groups in total. The third-order valence-corrected chi connectivity index (χ3v) is 5.73. The van der Waals surface area contributed by atoms with Crippen molar-refractivity contribution in [2.24, 2.45) is 0 Å². The second kappa shape index (κ2) is 10.4. The van der Waals surface area contributed by atoms with Gasteiger partial charge in [-0.25, -0.2) is 0 Å². The summed E-state index contributed by atoms with van der Waals surface area (Å²) in [5.41, 5.74) is 1.86. The Bertz CT molecular complexity index is 1140. The number of pyridine rings is 1. The van der Waals surface area contributed by atoms with Gasteiger partial charge in [-0.15, -0.1) is 0 Å². The summed E-state index contributed by atoms with van der Waals surface area (Å²) in [7, 11) is 0. The van der Waals surface area contributed by atoms with Crippen molar-refractivity contribution in [1.29, 1.82) is 0 Å². The van der Waals surface area contributed by atoms with Crippen LogP contribution in [-0.4, -0.2) is 10.7 Å². The lowest BCUT2D eigenvalue weighted by molar-refractivity contribution is -0.578. The fraction of sp³-hybridized carbons (Fsp3) is 0.0909. The standard InChI is InChI=1S/C22H16Cl2F2N2OS2/c1-13-3-2-10-28(12-13)19(20(29)17-11-14(23)4-9-18(17)24)21(30)27-15-5-7-16(8-6-15)31-22(25)26/h2-12,22H,1H3,(H-,27,29,30). The van der Waals surface area contributed by atoms with Gasteiger partial charge in [0, 0.05) is 32.3 Å². The van der Waals surface area contributed by atoms with Crippen LogP contribution in [-0.2, 0) is 0 Å². The zero-order chi connectivity index (χ0) is 22.5. The number of alkyl halides is 2. The zero-order valence-electron chi connectivity index (χ0n) is 16.1. The number of halogens is 4. The Kier molecular flexibility index (Phi) is 7.89. The molecule has 0 aliphatic carbocycles. The molecule has 0 amide bonds. The van der Waals surface area contributed by atoms with Gasteiger partial charge in [-0.2, -0.15) is 13.3 Å². The van der Waals surface area contributed by atoms with E-state index in [1.807, 2.05) is 13.0 Å². The van der Waals surface area contributed by atoms with E-state index < -0.39 is 11.5 Å². The van der Waals surface area contributed by atoms with Gasteiger partial charge in [-0.1, -0.05) is 47.2 Å². The molecule has 0 radical (unpaired) electrons. The van der Waals surface area contributed by atoms with Crippen LogP contribution < -0.4 is 15.0 Å². The third-order valence-electron chi connectivity index (χ3n) is 4.15. The lowest BCUT2D eigenvalue weighted by Crippen LogP contribution is -2.40. The Balaban J connectivity index is 2.02. The highest BCUT2D eigenvalue weighted by atomic mass is 35.5. The number of rotatable bonds is 6. The molecule has 0 bridgehead atoms. The van der Waals surface area contributed by atoms with Crippen molar-refractivity contribution in [1.82, 2.24) is 0 Å². The molecule has 0 atom stereocenters. The van der Waals surface area contributed by atoms with Crippen molar-refractivity contribution in [3.8, 4) is 0 Å². The number of hydrogen-bond donors (Lipinski definition) is 1. The Hall–Kier alpha value is -2.19. The quantitative estimate of drug-likeness (QED) is 0.148. The smallest absolute Gasteiger partial charge is 0.288 e. The predicted octanol–water partition coefficient (Wildman–Crippen LogP) is 6.03. The van der Waals surface area contributed by atoms with E-state index in [2.05, 4.69) is 5.32 Å². The average Bonchev–Trinajstić information content (AvgIpc) is 2.71. The normalized spacial score (nSPS) is 11.9. The van der Waals surface area contributed by atoms with Crippen molar-refractivity contribution in [2.45, 2.75) is 17.6 Å². The molecule has 1 heterocycles. The topological polar surface area (TPSA) is 39.0 Å². The average molecular weight is 497 g/mol. The number of benzene rings is 2. The summed E-state index contributed by atoms with van der Waals surface area (Å²) in [6, 6.07) is 14.7. The Morgan fingerprint density at radius 3 is 2.48 bits per heavy atom. The lowest BCUT2D eigenvalue weighted by Gasteiger charge is -2.18. The van der Waals surface area contributed by atoms with Crippen LogP contribution in [0.15, 0.2) is 71.9 Å². The molecule has 3 aromatic rings. The van der Waals surface area contributed by atoms with E-state index in [-0.39, 0.29) is 21.3 Å². The van der Waals surface area contributed by atoms with Crippen LogP contribution in [0.3, 0.4) is 0 Å². The van der Waals surface area contributed by atoms with Gasteiger partial charge >= 0.3 is 0 Å². The fourth-order valence-electron chi connectivity index (χ4n) is 2.78. The highest BCUT2D eigenvalue weighted by molar-refractivity contribution is 7.99. The second-order valence-electron chi connectivity index (χ2n) is 6.45. The van der Waals surface area contributed by atoms with E-state index >= 15 is 0 Å².